The molecule has 1 saturated heterocycles. The van der Waals surface area contributed by atoms with Gasteiger partial charge in [0.1, 0.15) is 6.61 Å². The minimum atomic E-state index is 0.512. The predicted molar refractivity (Wildman–Crippen MR) is 88.1 cm³/mol. The molecular weight excluding hydrogens is 300 g/mol. The Balaban J connectivity index is 0.000000188. The molecule has 5 nitrogen and oxygen atoms in total. The van der Waals surface area contributed by atoms with Gasteiger partial charge in [0, 0.05) is 18.1 Å². The van der Waals surface area contributed by atoms with E-state index < -0.39 is 0 Å². The van der Waals surface area contributed by atoms with Crippen molar-refractivity contribution in [2.24, 2.45) is 0 Å². The molecular formula is C16H23ClN4O. The van der Waals surface area contributed by atoms with Crippen LogP contribution < -0.4 is 5.32 Å². The minimum absolute atomic E-state index is 0.512. The average Bonchev–Trinajstić information content (AvgIpc) is 3.01. The van der Waals surface area contributed by atoms with Crippen LogP contribution in [0.25, 0.3) is 0 Å². The fourth-order valence-corrected chi connectivity index (χ4v) is 2.43. The molecule has 2 N–H and O–H groups in total. The van der Waals surface area contributed by atoms with Crippen LogP contribution in [0.3, 0.4) is 0 Å². The fraction of sp³-hybridized carbons (Fsp3) is 0.500. The molecule has 0 saturated carbocycles. The normalized spacial score (nSPS) is 15.2. The molecule has 3 rings (SSSR count). The van der Waals surface area contributed by atoms with Crippen molar-refractivity contribution in [1.82, 2.24) is 20.5 Å². The highest BCUT2D eigenvalue weighted by Crippen LogP contribution is 2.21. The predicted octanol–water partition coefficient (Wildman–Crippen LogP) is 3.07. The standard InChI is InChI=1S/C9H16N4O.C7H7Cl/c1-14-6-8-11-9(13-12-8)7-2-4-10-5-3-7;1-6-2-4-7(8)5-3-6/h7,10H,2-6H2,1H3,(H,11,12,13);2-5H,1H3. The van der Waals surface area contributed by atoms with E-state index in [1.54, 1.807) is 7.11 Å². The Morgan fingerprint density at radius 2 is 1.91 bits per heavy atom. The van der Waals surface area contributed by atoms with E-state index in [1.807, 2.05) is 31.2 Å². The second-order valence-corrected chi connectivity index (χ2v) is 5.83. The molecule has 0 unspecified atom stereocenters. The van der Waals surface area contributed by atoms with Crippen molar-refractivity contribution in [1.29, 1.82) is 0 Å². The molecule has 2 heterocycles. The van der Waals surface area contributed by atoms with Crippen LogP contribution in [0.1, 0.15) is 36.0 Å². The van der Waals surface area contributed by atoms with Gasteiger partial charge in [0.05, 0.1) is 0 Å². The molecule has 22 heavy (non-hydrogen) atoms. The lowest BCUT2D eigenvalue weighted by molar-refractivity contribution is 0.178. The zero-order valence-electron chi connectivity index (χ0n) is 13.1. The summed E-state index contributed by atoms with van der Waals surface area (Å²) in [5.41, 5.74) is 1.24. The number of aromatic nitrogens is 3. The molecule has 1 aliphatic heterocycles. The van der Waals surface area contributed by atoms with E-state index >= 15 is 0 Å². The topological polar surface area (TPSA) is 62.8 Å². The third-order valence-corrected chi connectivity index (χ3v) is 3.80. The van der Waals surface area contributed by atoms with Crippen molar-refractivity contribution >= 4 is 11.6 Å². The van der Waals surface area contributed by atoms with E-state index in [4.69, 9.17) is 16.3 Å². The van der Waals surface area contributed by atoms with E-state index in [0.29, 0.717) is 12.5 Å². The summed E-state index contributed by atoms with van der Waals surface area (Å²) in [6, 6.07) is 7.75. The quantitative estimate of drug-likeness (QED) is 0.911. The molecule has 1 aliphatic rings. The molecule has 0 bridgehead atoms. The van der Waals surface area contributed by atoms with Crippen LogP contribution in [0.5, 0.6) is 0 Å². The van der Waals surface area contributed by atoms with E-state index in [2.05, 4.69) is 20.5 Å². The van der Waals surface area contributed by atoms with E-state index in [0.717, 1.165) is 42.6 Å². The number of nitrogens with zero attached hydrogens (tertiary/aromatic N) is 2. The summed E-state index contributed by atoms with van der Waals surface area (Å²) in [6.45, 7) is 4.69. The number of hydrogen-bond acceptors (Lipinski definition) is 4. The number of rotatable bonds is 3. The van der Waals surface area contributed by atoms with Gasteiger partial charge in [-0.25, -0.2) is 4.98 Å². The van der Waals surface area contributed by atoms with E-state index in [9.17, 15) is 0 Å². The zero-order chi connectivity index (χ0) is 15.8. The first kappa shape index (κ1) is 16.9. The fourth-order valence-electron chi connectivity index (χ4n) is 2.31. The first-order valence-corrected chi connectivity index (χ1v) is 7.90. The molecule has 1 aromatic carbocycles. The van der Waals surface area contributed by atoms with Crippen LogP contribution in [-0.2, 0) is 11.3 Å². The van der Waals surface area contributed by atoms with Gasteiger partial charge in [-0.2, -0.15) is 5.10 Å². The van der Waals surface area contributed by atoms with Gasteiger partial charge in [0.2, 0.25) is 0 Å². The molecule has 1 aromatic heterocycles. The van der Waals surface area contributed by atoms with Crippen molar-refractivity contribution in [3.05, 3.63) is 46.5 Å². The zero-order valence-corrected chi connectivity index (χ0v) is 13.9. The Morgan fingerprint density at radius 1 is 1.23 bits per heavy atom. The molecule has 6 heteroatoms. The molecule has 0 aliphatic carbocycles. The minimum Gasteiger partial charge on any atom is -0.377 e. The number of H-pyrrole nitrogens is 1. The molecule has 0 radical (unpaired) electrons. The first-order chi connectivity index (χ1) is 10.7. The van der Waals surface area contributed by atoms with Crippen LogP contribution in [0.4, 0.5) is 0 Å². The third kappa shape index (κ3) is 5.40. The number of ether oxygens (including phenoxy) is 1. The smallest absolute Gasteiger partial charge is 0.153 e. The molecule has 120 valence electrons. The van der Waals surface area contributed by atoms with E-state index in [1.165, 1.54) is 5.56 Å². The van der Waals surface area contributed by atoms with Crippen molar-refractivity contribution in [3.63, 3.8) is 0 Å². The molecule has 1 fully saturated rings. The average molecular weight is 323 g/mol. The Morgan fingerprint density at radius 3 is 2.50 bits per heavy atom. The van der Waals surface area contributed by atoms with Crippen LogP contribution in [0, 0.1) is 6.92 Å². The van der Waals surface area contributed by atoms with Crippen LogP contribution in [-0.4, -0.2) is 35.4 Å². The van der Waals surface area contributed by atoms with Gasteiger partial charge < -0.3 is 10.1 Å². The Hall–Kier alpha value is -1.43. The lowest BCUT2D eigenvalue weighted by atomic mass is 9.98. The summed E-state index contributed by atoms with van der Waals surface area (Å²) in [7, 11) is 1.66. The highest BCUT2D eigenvalue weighted by molar-refractivity contribution is 6.30. The SMILES string of the molecule is COCc1nc(C2CCNCC2)n[nH]1.Cc1ccc(Cl)cc1. The van der Waals surface area contributed by atoms with Gasteiger partial charge in [-0.1, -0.05) is 29.3 Å². The second kappa shape index (κ2) is 8.88. The maximum Gasteiger partial charge on any atom is 0.153 e. The summed E-state index contributed by atoms with van der Waals surface area (Å²) >= 11 is 5.61. The number of hydrogen-bond donors (Lipinski definition) is 2. The Bertz CT molecular complexity index is 529. The number of aryl methyl sites for hydroxylation is 1. The number of aromatic amines is 1. The first-order valence-electron chi connectivity index (χ1n) is 7.52. The maximum atomic E-state index is 5.61. The largest absolute Gasteiger partial charge is 0.377 e. The highest BCUT2D eigenvalue weighted by atomic mass is 35.5. The van der Waals surface area contributed by atoms with Gasteiger partial charge in [-0.15, -0.1) is 0 Å². The number of halogens is 1. The van der Waals surface area contributed by atoms with Gasteiger partial charge >= 0.3 is 0 Å². The van der Waals surface area contributed by atoms with Gasteiger partial charge in [0.25, 0.3) is 0 Å². The summed E-state index contributed by atoms with van der Waals surface area (Å²) in [5.74, 6) is 2.28. The van der Waals surface area contributed by atoms with Crippen LogP contribution in [0.2, 0.25) is 5.02 Å². The third-order valence-electron chi connectivity index (χ3n) is 3.55. The molecule has 0 amide bonds. The monoisotopic (exact) mass is 322 g/mol. The summed E-state index contributed by atoms with van der Waals surface area (Å²) < 4.78 is 4.98. The van der Waals surface area contributed by atoms with Crippen LogP contribution in [0.15, 0.2) is 24.3 Å². The van der Waals surface area contributed by atoms with Gasteiger partial charge in [-0.3, -0.25) is 5.10 Å². The summed E-state index contributed by atoms with van der Waals surface area (Å²) in [4.78, 5) is 4.40. The lowest BCUT2D eigenvalue weighted by Crippen LogP contribution is -2.27. The van der Waals surface area contributed by atoms with Crippen LogP contribution >= 0.6 is 11.6 Å². The highest BCUT2D eigenvalue weighted by Gasteiger charge is 2.19. The number of piperidine rings is 1. The number of benzene rings is 1. The van der Waals surface area contributed by atoms with Crippen molar-refractivity contribution in [3.8, 4) is 0 Å². The molecule has 0 atom stereocenters. The lowest BCUT2D eigenvalue weighted by Gasteiger charge is -2.19. The second-order valence-electron chi connectivity index (χ2n) is 5.39. The Kier molecular flexibility index (Phi) is 6.83. The van der Waals surface area contributed by atoms with Gasteiger partial charge in [0.15, 0.2) is 11.6 Å². The summed E-state index contributed by atoms with van der Waals surface area (Å²) in [5, 5.41) is 11.2. The maximum absolute atomic E-state index is 5.61. The van der Waals surface area contributed by atoms with Crippen molar-refractivity contribution < 1.29 is 4.74 Å². The Labute approximate surface area is 136 Å². The molecule has 0 spiro atoms. The van der Waals surface area contributed by atoms with Gasteiger partial charge in [-0.05, 0) is 45.0 Å². The van der Waals surface area contributed by atoms with Crippen molar-refractivity contribution in [2.75, 3.05) is 20.2 Å². The number of methoxy groups -OCH3 is 1. The van der Waals surface area contributed by atoms with E-state index in [-0.39, 0.29) is 0 Å². The summed E-state index contributed by atoms with van der Waals surface area (Å²) in [6.07, 6.45) is 2.26. The number of nitrogens with one attached hydrogen (secondary N) is 2. The van der Waals surface area contributed by atoms with Crippen molar-refractivity contribution in [2.45, 2.75) is 32.3 Å². The molecule has 2 aromatic rings.